The maximum Gasteiger partial charge on any atom is 0.297 e. The van der Waals surface area contributed by atoms with Crippen molar-refractivity contribution in [1.82, 2.24) is 0 Å². The second-order valence-corrected chi connectivity index (χ2v) is 8.87. The first-order chi connectivity index (χ1) is 8.85. The fraction of sp³-hybridized carbons (Fsp3) is 1.00. The Labute approximate surface area is 120 Å². The SMILES string of the molecule is CCCC(C)[N+]1(S(=O)(=O)CCC(C)C)CCCCC1. The van der Waals surface area contributed by atoms with Gasteiger partial charge in [0.15, 0.2) is 0 Å². The molecule has 4 heteroatoms. The normalized spacial score (nSPS) is 21.5. The van der Waals surface area contributed by atoms with Crippen LogP contribution in [-0.2, 0) is 10.0 Å². The summed E-state index contributed by atoms with van der Waals surface area (Å²) < 4.78 is 26.2. The molecule has 1 unspecified atom stereocenters. The lowest BCUT2D eigenvalue weighted by Gasteiger charge is -2.44. The average molecular weight is 290 g/mol. The summed E-state index contributed by atoms with van der Waals surface area (Å²) >= 11 is 0. The van der Waals surface area contributed by atoms with E-state index in [2.05, 4.69) is 27.7 Å². The molecule has 0 aromatic carbocycles. The van der Waals surface area contributed by atoms with Crippen molar-refractivity contribution >= 4 is 10.0 Å². The van der Waals surface area contributed by atoms with Gasteiger partial charge in [0.1, 0.15) is 11.8 Å². The van der Waals surface area contributed by atoms with Gasteiger partial charge < -0.3 is 0 Å². The third kappa shape index (κ3) is 3.94. The number of hydrogen-bond acceptors (Lipinski definition) is 2. The predicted octanol–water partition coefficient (Wildman–Crippen LogP) is 3.55. The molecule has 114 valence electrons. The van der Waals surface area contributed by atoms with Crippen LogP contribution in [0, 0.1) is 5.92 Å². The van der Waals surface area contributed by atoms with Crippen molar-refractivity contribution in [2.75, 3.05) is 18.8 Å². The topological polar surface area (TPSA) is 34.1 Å². The summed E-state index contributed by atoms with van der Waals surface area (Å²) in [7, 11) is -3.02. The zero-order valence-corrected chi connectivity index (χ0v) is 14.0. The van der Waals surface area contributed by atoms with Gasteiger partial charge in [0.05, 0.1) is 13.1 Å². The van der Waals surface area contributed by atoms with Crippen molar-refractivity contribution in [3.8, 4) is 0 Å². The van der Waals surface area contributed by atoms with Gasteiger partial charge in [-0.15, -0.1) is 0 Å². The summed E-state index contributed by atoms with van der Waals surface area (Å²) in [6, 6.07) is 0.252. The summed E-state index contributed by atoms with van der Waals surface area (Å²) in [5, 5.41) is 0. The highest BCUT2D eigenvalue weighted by molar-refractivity contribution is 7.85. The fourth-order valence-electron chi connectivity index (χ4n) is 3.26. The van der Waals surface area contributed by atoms with E-state index in [9.17, 15) is 8.42 Å². The van der Waals surface area contributed by atoms with E-state index in [0.717, 1.165) is 45.2 Å². The Morgan fingerprint density at radius 3 is 2.05 bits per heavy atom. The molecule has 19 heavy (non-hydrogen) atoms. The van der Waals surface area contributed by atoms with E-state index in [1.165, 1.54) is 6.42 Å². The van der Waals surface area contributed by atoms with Crippen LogP contribution in [0.25, 0.3) is 0 Å². The molecule has 1 aliphatic rings. The first kappa shape index (κ1) is 17.0. The molecule has 1 saturated heterocycles. The van der Waals surface area contributed by atoms with E-state index in [0.29, 0.717) is 15.6 Å². The molecule has 0 amide bonds. The van der Waals surface area contributed by atoms with Crippen molar-refractivity contribution in [1.29, 1.82) is 0 Å². The zero-order chi connectivity index (χ0) is 14.5. The molecule has 1 rings (SSSR count). The molecule has 1 fully saturated rings. The Bertz CT molecular complexity index is 356. The van der Waals surface area contributed by atoms with E-state index in [4.69, 9.17) is 0 Å². The molecular weight excluding hydrogens is 258 g/mol. The highest BCUT2D eigenvalue weighted by Gasteiger charge is 2.46. The van der Waals surface area contributed by atoms with E-state index in [1.54, 1.807) is 0 Å². The summed E-state index contributed by atoms with van der Waals surface area (Å²) in [6.45, 7) is 10.2. The van der Waals surface area contributed by atoms with Crippen molar-refractivity contribution in [3.05, 3.63) is 0 Å². The van der Waals surface area contributed by atoms with Gasteiger partial charge in [-0.05, 0) is 38.5 Å². The summed E-state index contributed by atoms with van der Waals surface area (Å²) in [5.74, 6) is 0.819. The number of sulfonamides is 1. The Hall–Kier alpha value is -0.0900. The Morgan fingerprint density at radius 1 is 1.00 bits per heavy atom. The van der Waals surface area contributed by atoms with Crippen LogP contribution in [0.1, 0.15) is 66.2 Å². The van der Waals surface area contributed by atoms with Gasteiger partial charge in [-0.2, -0.15) is 8.42 Å². The second-order valence-electron chi connectivity index (χ2n) is 6.57. The van der Waals surface area contributed by atoms with Crippen LogP contribution >= 0.6 is 0 Å². The van der Waals surface area contributed by atoms with Crippen molar-refractivity contribution in [3.63, 3.8) is 0 Å². The fourth-order valence-corrected chi connectivity index (χ4v) is 5.86. The lowest BCUT2D eigenvalue weighted by Crippen LogP contribution is -2.61. The molecule has 0 spiro atoms. The Kier molecular flexibility index (Phi) is 6.31. The van der Waals surface area contributed by atoms with Crippen molar-refractivity contribution < 1.29 is 12.3 Å². The van der Waals surface area contributed by atoms with Crippen LogP contribution in [0.2, 0.25) is 0 Å². The monoisotopic (exact) mass is 290 g/mol. The van der Waals surface area contributed by atoms with Gasteiger partial charge in [-0.1, -0.05) is 27.2 Å². The summed E-state index contributed by atoms with van der Waals surface area (Å²) in [4.78, 5) is 0. The zero-order valence-electron chi connectivity index (χ0n) is 13.2. The number of likely N-dealkylation sites (tertiary alicyclic amines) is 1. The molecule has 0 radical (unpaired) electrons. The summed E-state index contributed by atoms with van der Waals surface area (Å²) in [6.07, 6.45) is 6.20. The maximum atomic E-state index is 12.9. The van der Waals surface area contributed by atoms with Crippen LogP contribution < -0.4 is 0 Å². The van der Waals surface area contributed by atoms with Gasteiger partial charge in [0.2, 0.25) is 0 Å². The lowest BCUT2D eigenvalue weighted by atomic mass is 10.1. The Balaban J connectivity index is 2.95. The first-order valence-electron chi connectivity index (χ1n) is 7.95. The average Bonchev–Trinajstić information content (AvgIpc) is 2.37. The van der Waals surface area contributed by atoms with Gasteiger partial charge in [-0.25, -0.2) is 3.89 Å². The molecule has 0 N–H and O–H groups in total. The number of rotatable bonds is 7. The molecule has 3 nitrogen and oxygen atoms in total. The van der Waals surface area contributed by atoms with E-state index < -0.39 is 10.0 Å². The highest BCUT2D eigenvalue weighted by atomic mass is 32.2. The highest BCUT2D eigenvalue weighted by Crippen LogP contribution is 2.31. The Morgan fingerprint density at radius 2 is 1.58 bits per heavy atom. The van der Waals surface area contributed by atoms with Gasteiger partial charge >= 0.3 is 0 Å². The molecule has 0 saturated carbocycles. The lowest BCUT2D eigenvalue weighted by molar-refractivity contribution is -0.837. The van der Waals surface area contributed by atoms with Gasteiger partial charge in [-0.3, -0.25) is 0 Å². The minimum absolute atomic E-state index is 0.252. The molecule has 1 atom stereocenters. The summed E-state index contributed by atoms with van der Waals surface area (Å²) in [5.41, 5.74) is 0. The minimum Gasteiger partial charge on any atom is -0.216 e. The number of piperidine rings is 1. The molecule has 0 bridgehead atoms. The third-order valence-corrected chi connectivity index (χ3v) is 7.17. The molecule has 0 aromatic rings. The van der Waals surface area contributed by atoms with E-state index >= 15 is 0 Å². The van der Waals surface area contributed by atoms with Crippen LogP contribution in [0.15, 0.2) is 0 Å². The molecule has 1 heterocycles. The van der Waals surface area contributed by atoms with Crippen LogP contribution in [-0.4, -0.2) is 37.2 Å². The molecule has 1 aliphatic heterocycles. The number of hydrogen-bond donors (Lipinski definition) is 0. The van der Waals surface area contributed by atoms with Crippen LogP contribution in [0.3, 0.4) is 0 Å². The van der Waals surface area contributed by atoms with Crippen molar-refractivity contribution in [2.24, 2.45) is 5.92 Å². The minimum atomic E-state index is -3.02. The standard InChI is InChI=1S/C15H32NO2S/c1-5-9-15(4)16(11-7-6-8-12-16)19(17,18)13-10-14(2)3/h14-15H,5-13H2,1-4H3/q+1. The first-order valence-corrected chi connectivity index (χ1v) is 9.56. The molecular formula is C15H32NO2S+. The quantitative estimate of drug-likeness (QED) is 0.672. The smallest absolute Gasteiger partial charge is 0.216 e. The van der Waals surface area contributed by atoms with E-state index in [-0.39, 0.29) is 6.04 Å². The number of nitrogens with zero attached hydrogens (tertiary/aromatic N) is 1. The second kappa shape index (κ2) is 7.07. The van der Waals surface area contributed by atoms with Crippen LogP contribution in [0.5, 0.6) is 0 Å². The van der Waals surface area contributed by atoms with Crippen LogP contribution in [0.4, 0.5) is 0 Å². The molecule has 0 aromatic heterocycles. The largest absolute Gasteiger partial charge is 0.297 e. The van der Waals surface area contributed by atoms with Crippen molar-refractivity contribution in [2.45, 2.75) is 72.3 Å². The number of quaternary nitrogens is 1. The molecule has 0 aliphatic carbocycles. The van der Waals surface area contributed by atoms with Gasteiger partial charge in [0.25, 0.3) is 10.0 Å². The third-order valence-electron chi connectivity index (χ3n) is 4.59. The van der Waals surface area contributed by atoms with E-state index in [1.807, 2.05) is 0 Å². The maximum absolute atomic E-state index is 12.9. The van der Waals surface area contributed by atoms with Gasteiger partial charge in [0, 0.05) is 6.42 Å². The predicted molar refractivity (Wildman–Crippen MR) is 81.5 cm³/mol.